The van der Waals surface area contributed by atoms with Gasteiger partial charge >= 0.3 is 0 Å². The molecule has 4 heteroatoms. The maximum Gasteiger partial charge on any atom is 0.266 e. The number of aryl methyl sites for hydroxylation is 1. The van der Waals surface area contributed by atoms with Gasteiger partial charge in [0, 0.05) is 9.26 Å². The molecule has 0 fully saturated rings. The molecule has 1 N–H and O–H groups in total. The lowest BCUT2D eigenvalue weighted by Crippen LogP contribution is -2.14. The molecule has 2 aromatic carbocycles. The van der Waals surface area contributed by atoms with Crippen molar-refractivity contribution < 1.29 is 4.79 Å². The van der Waals surface area contributed by atoms with Crippen molar-refractivity contribution >= 4 is 40.3 Å². The van der Waals surface area contributed by atoms with E-state index in [2.05, 4.69) is 27.9 Å². The molecule has 0 unspecified atom stereocenters. The van der Waals surface area contributed by atoms with Crippen molar-refractivity contribution in [2.75, 3.05) is 5.32 Å². The molecule has 110 valence electrons. The van der Waals surface area contributed by atoms with Crippen LogP contribution in [0.2, 0.25) is 0 Å². The van der Waals surface area contributed by atoms with E-state index in [0.29, 0.717) is 0 Å². The second kappa shape index (κ2) is 7.76. The van der Waals surface area contributed by atoms with Gasteiger partial charge in [0.15, 0.2) is 0 Å². The molecule has 0 aliphatic heterocycles. The average Bonchev–Trinajstić information content (AvgIpc) is 2.54. The van der Waals surface area contributed by atoms with E-state index in [1.165, 1.54) is 0 Å². The number of nitrogens with zero attached hydrogens (tertiary/aromatic N) is 1. The summed E-state index contributed by atoms with van der Waals surface area (Å²) >= 11 is 2.18. The summed E-state index contributed by atoms with van der Waals surface area (Å²) in [5.41, 5.74) is 2.75. The van der Waals surface area contributed by atoms with Crippen LogP contribution in [0.3, 0.4) is 0 Å². The molecule has 0 aliphatic rings. The smallest absolute Gasteiger partial charge is 0.266 e. The van der Waals surface area contributed by atoms with Crippen molar-refractivity contribution in [1.82, 2.24) is 0 Å². The molecule has 0 saturated heterocycles. The first-order chi connectivity index (χ1) is 10.7. The Morgan fingerprint density at radius 1 is 1.23 bits per heavy atom. The fraction of sp³-hybridized carbons (Fsp3) is 0.111. The minimum atomic E-state index is -0.386. The van der Waals surface area contributed by atoms with Crippen molar-refractivity contribution in [1.29, 1.82) is 5.26 Å². The first-order valence-electron chi connectivity index (χ1n) is 6.91. The summed E-state index contributed by atoms with van der Waals surface area (Å²) in [6.07, 6.45) is 2.43. The molecule has 2 aromatic rings. The Labute approximate surface area is 143 Å². The van der Waals surface area contributed by atoms with Crippen molar-refractivity contribution in [2.45, 2.75) is 13.3 Å². The summed E-state index contributed by atoms with van der Waals surface area (Å²) in [5.74, 6) is -0.386. The molecule has 0 radical (unpaired) electrons. The maximum absolute atomic E-state index is 12.3. The predicted molar refractivity (Wildman–Crippen MR) is 97.2 cm³/mol. The Morgan fingerprint density at radius 3 is 2.59 bits per heavy atom. The quantitative estimate of drug-likeness (QED) is 0.468. The van der Waals surface area contributed by atoms with Gasteiger partial charge in [-0.05, 0) is 58.3 Å². The number of nitriles is 1. The fourth-order valence-electron chi connectivity index (χ4n) is 2.04. The summed E-state index contributed by atoms with van der Waals surface area (Å²) in [4.78, 5) is 12.3. The number of benzene rings is 2. The van der Waals surface area contributed by atoms with Crippen LogP contribution in [-0.4, -0.2) is 5.91 Å². The van der Waals surface area contributed by atoms with Crippen LogP contribution in [0.25, 0.3) is 6.08 Å². The summed E-state index contributed by atoms with van der Waals surface area (Å²) < 4.78 is 0.995. The molecule has 0 heterocycles. The zero-order chi connectivity index (χ0) is 15.9. The molecule has 0 bridgehead atoms. The highest BCUT2D eigenvalue weighted by Crippen LogP contribution is 2.18. The first-order valence-corrected chi connectivity index (χ1v) is 7.99. The third-order valence-corrected chi connectivity index (χ3v) is 4.20. The van der Waals surface area contributed by atoms with E-state index in [1.54, 1.807) is 6.08 Å². The summed E-state index contributed by atoms with van der Waals surface area (Å²) in [6, 6.07) is 17.2. The number of anilines is 1. The third-order valence-electron chi connectivity index (χ3n) is 3.22. The maximum atomic E-state index is 12.3. The van der Waals surface area contributed by atoms with E-state index in [9.17, 15) is 10.1 Å². The molecule has 0 saturated carbocycles. The molecule has 22 heavy (non-hydrogen) atoms. The number of rotatable bonds is 4. The third kappa shape index (κ3) is 3.95. The minimum absolute atomic E-state index is 0.0926. The lowest BCUT2D eigenvalue weighted by atomic mass is 10.1. The van der Waals surface area contributed by atoms with Gasteiger partial charge in [-0.15, -0.1) is 0 Å². The van der Waals surface area contributed by atoms with Gasteiger partial charge in [0.05, 0.1) is 0 Å². The van der Waals surface area contributed by atoms with Crippen molar-refractivity contribution in [3.8, 4) is 6.07 Å². The molecule has 0 spiro atoms. The summed E-state index contributed by atoms with van der Waals surface area (Å²) in [7, 11) is 0. The van der Waals surface area contributed by atoms with Crippen LogP contribution >= 0.6 is 22.6 Å². The largest absolute Gasteiger partial charge is 0.321 e. The minimum Gasteiger partial charge on any atom is -0.321 e. The van der Waals surface area contributed by atoms with Crippen LogP contribution in [0.5, 0.6) is 0 Å². The number of nitrogens with one attached hydrogen (secondary N) is 1. The molecule has 0 aromatic heterocycles. The predicted octanol–water partition coefficient (Wildman–Crippen LogP) is 4.40. The van der Waals surface area contributed by atoms with Gasteiger partial charge in [0.2, 0.25) is 0 Å². The van der Waals surface area contributed by atoms with Gasteiger partial charge in [0.1, 0.15) is 11.6 Å². The standard InChI is InChI=1S/C18H15IN2O/c1-2-13-7-4-6-10-17(13)21-18(22)15(12-20)11-14-8-3-5-9-16(14)19/h3-11H,2H2,1H3,(H,21,22)/b15-11+. The Bertz CT molecular complexity index is 760. The Morgan fingerprint density at radius 2 is 1.91 bits per heavy atom. The highest BCUT2D eigenvalue weighted by atomic mass is 127. The Balaban J connectivity index is 2.27. The van der Waals surface area contributed by atoms with E-state index in [-0.39, 0.29) is 11.5 Å². The van der Waals surface area contributed by atoms with E-state index in [4.69, 9.17) is 0 Å². The van der Waals surface area contributed by atoms with Gasteiger partial charge in [0.25, 0.3) is 5.91 Å². The summed E-state index contributed by atoms with van der Waals surface area (Å²) in [5, 5.41) is 12.1. The van der Waals surface area contributed by atoms with Gasteiger partial charge in [-0.2, -0.15) is 5.26 Å². The lowest BCUT2D eigenvalue weighted by Gasteiger charge is -2.09. The fourth-order valence-corrected chi connectivity index (χ4v) is 2.58. The summed E-state index contributed by atoms with van der Waals surface area (Å²) in [6.45, 7) is 2.03. The zero-order valence-corrected chi connectivity index (χ0v) is 14.3. The average molecular weight is 402 g/mol. The van der Waals surface area contributed by atoms with Crippen molar-refractivity contribution in [2.24, 2.45) is 0 Å². The van der Waals surface area contributed by atoms with E-state index >= 15 is 0 Å². The second-order valence-corrected chi connectivity index (χ2v) is 5.82. The number of hydrogen-bond donors (Lipinski definition) is 1. The van der Waals surface area contributed by atoms with Crippen molar-refractivity contribution in [3.05, 3.63) is 68.8 Å². The molecule has 0 aliphatic carbocycles. The Kier molecular flexibility index (Phi) is 5.73. The van der Waals surface area contributed by atoms with Crippen LogP contribution in [0.4, 0.5) is 5.69 Å². The highest BCUT2D eigenvalue weighted by molar-refractivity contribution is 14.1. The van der Waals surface area contributed by atoms with Crippen LogP contribution in [0, 0.1) is 14.9 Å². The molecule has 1 amide bonds. The molecular weight excluding hydrogens is 387 g/mol. The number of halogens is 1. The second-order valence-electron chi connectivity index (χ2n) is 4.66. The number of para-hydroxylation sites is 1. The molecule has 3 nitrogen and oxygen atoms in total. The van der Waals surface area contributed by atoms with E-state index in [0.717, 1.165) is 26.8 Å². The topological polar surface area (TPSA) is 52.9 Å². The monoisotopic (exact) mass is 402 g/mol. The van der Waals surface area contributed by atoms with Crippen LogP contribution in [0.15, 0.2) is 54.1 Å². The number of carbonyl (C=O) groups is 1. The number of hydrogen-bond acceptors (Lipinski definition) is 2. The van der Waals surface area contributed by atoms with Crippen LogP contribution < -0.4 is 5.32 Å². The molecule has 2 rings (SSSR count). The van der Waals surface area contributed by atoms with E-state index in [1.807, 2.05) is 61.5 Å². The SMILES string of the molecule is CCc1ccccc1NC(=O)/C(C#N)=C/c1ccccc1I. The van der Waals surface area contributed by atoms with Gasteiger partial charge in [-0.3, -0.25) is 4.79 Å². The number of amides is 1. The Hall–Kier alpha value is -2.13. The highest BCUT2D eigenvalue weighted by Gasteiger charge is 2.11. The van der Waals surface area contributed by atoms with Gasteiger partial charge < -0.3 is 5.32 Å². The normalized spacial score (nSPS) is 10.9. The zero-order valence-electron chi connectivity index (χ0n) is 12.1. The van der Waals surface area contributed by atoms with Crippen LogP contribution in [0.1, 0.15) is 18.1 Å². The van der Waals surface area contributed by atoms with Crippen molar-refractivity contribution in [3.63, 3.8) is 0 Å². The molecule has 0 atom stereocenters. The van der Waals surface area contributed by atoms with Gasteiger partial charge in [-0.1, -0.05) is 43.3 Å². The number of carbonyl (C=O) groups excluding carboxylic acids is 1. The molecular formula is C18H15IN2O. The first kappa shape index (κ1) is 16.2. The lowest BCUT2D eigenvalue weighted by molar-refractivity contribution is -0.112. The van der Waals surface area contributed by atoms with E-state index < -0.39 is 0 Å². The van der Waals surface area contributed by atoms with Gasteiger partial charge in [-0.25, -0.2) is 0 Å². The van der Waals surface area contributed by atoms with Crippen LogP contribution in [-0.2, 0) is 11.2 Å².